The van der Waals surface area contributed by atoms with Crippen LogP contribution in [0.5, 0.6) is 0 Å². The Labute approximate surface area is 312 Å². The summed E-state index contributed by atoms with van der Waals surface area (Å²) in [6, 6.07) is 38.8. The van der Waals surface area contributed by atoms with Gasteiger partial charge in [0.15, 0.2) is 0 Å². The van der Waals surface area contributed by atoms with Gasteiger partial charge in [-0.1, -0.05) is 76.2 Å². The molecule has 6 aromatic rings. The summed E-state index contributed by atoms with van der Waals surface area (Å²) < 4.78 is 0. The maximum Gasteiger partial charge on any atom is 0.0468 e. The van der Waals surface area contributed by atoms with Crippen molar-refractivity contribution in [2.24, 2.45) is 0 Å². The minimum Gasteiger partial charge on any atom is -0.362 e. The molecule has 2 nitrogen and oxygen atoms in total. The summed E-state index contributed by atoms with van der Waals surface area (Å²) in [5, 5.41) is 8.44. The van der Waals surface area contributed by atoms with Crippen molar-refractivity contribution in [3.05, 3.63) is 172 Å². The van der Waals surface area contributed by atoms with Gasteiger partial charge < -0.3 is 10.2 Å². The smallest absolute Gasteiger partial charge is 0.0468 e. The normalized spacial score (nSPS) is 12.3. The number of fused-ring (bicyclic) bond motifs is 2. The molecule has 0 atom stereocenters. The van der Waals surface area contributed by atoms with Crippen LogP contribution < -0.4 is 10.2 Å². The first-order chi connectivity index (χ1) is 25.2. The molecule has 0 aliphatic rings. The summed E-state index contributed by atoms with van der Waals surface area (Å²) in [4.78, 5) is 2.41. The van der Waals surface area contributed by atoms with E-state index in [4.69, 9.17) is 0 Å². The minimum absolute atomic E-state index is 1.02. The first kappa shape index (κ1) is 36.5. The van der Waals surface area contributed by atoms with E-state index in [0.29, 0.717) is 0 Å². The quantitative estimate of drug-likeness (QED) is 0.102. The topological polar surface area (TPSA) is 15.3 Å². The molecular weight excluding hydrogens is 629 g/mol. The zero-order chi connectivity index (χ0) is 36.8. The number of anilines is 4. The van der Waals surface area contributed by atoms with E-state index >= 15 is 0 Å². The first-order valence-corrected chi connectivity index (χ1v) is 19.1. The van der Waals surface area contributed by atoms with Gasteiger partial charge in [0.1, 0.15) is 0 Å². The molecule has 0 bridgehead atoms. The van der Waals surface area contributed by atoms with Gasteiger partial charge in [0.2, 0.25) is 0 Å². The molecule has 1 N–H and O–H groups in total. The highest BCUT2D eigenvalue weighted by Gasteiger charge is 2.16. The molecule has 6 aromatic carbocycles. The fourth-order valence-corrected chi connectivity index (χ4v) is 7.12. The molecule has 0 aliphatic heterocycles. The Morgan fingerprint density at radius 1 is 0.500 bits per heavy atom. The number of allylic oxidation sites excluding steroid dienone is 4. The Bertz CT molecular complexity index is 2320. The minimum atomic E-state index is 1.02. The summed E-state index contributed by atoms with van der Waals surface area (Å²) in [5.74, 6) is 0. The van der Waals surface area contributed by atoms with Crippen LogP contribution in [0.2, 0.25) is 0 Å². The van der Waals surface area contributed by atoms with E-state index in [1.54, 1.807) is 0 Å². The Balaban J connectivity index is 1.26. The van der Waals surface area contributed by atoms with E-state index in [-0.39, 0.29) is 0 Å². The van der Waals surface area contributed by atoms with Crippen LogP contribution in [0.15, 0.2) is 133 Å². The molecule has 52 heavy (non-hydrogen) atoms. The van der Waals surface area contributed by atoms with Crippen molar-refractivity contribution < 1.29 is 0 Å². The summed E-state index contributed by atoms with van der Waals surface area (Å²) in [5.41, 5.74) is 16.7. The van der Waals surface area contributed by atoms with Crippen molar-refractivity contribution in [2.45, 2.75) is 81.1 Å². The third-order valence-corrected chi connectivity index (χ3v) is 10.7. The molecular formula is C50H54N2. The van der Waals surface area contributed by atoms with E-state index in [0.717, 1.165) is 31.4 Å². The lowest BCUT2D eigenvalue weighted by Crippen LogP contribution is -2.11. The lowest BCUT2D eigenvalue weighted by atomic mass is 9.99. The van der Waals surface area contributed by atoms with Crippen molar-refractivity contribution in [3.63, 3.8) is 0 Å². The predicted molar refractivity (Wildman–Crippen MR) is 230 cm³/mol. The second-order valence-electron chi connectivity index (χ2n) is 14.1. The van der Waals surface area contributed by atoms with E-state index in [9.17, 15) is 0 Å². The molecule has 0 amide bonds. The highest BCUT2D eigenvalue weighted by atomic mass is 15.1. The van der Waals surface area contributed by atoms with Crippen LogP contribution in [-0.2, 0) is 25.7 Å². The standard InChI is InChI=1S/C50H54N2/c1-9-39-18-21-47(31-41(39)11-3)51-26-25-36(7)34(5)13-15-38-16-17-43-30-46-33-50(24-20-44(46)29-45(43)28-38)52(48-22-14-35(6)37(8)27-48)49-23-19-40(10-2)42(12-4)32-49/h13-33,51H,9-12H2,1-8H3/b15-13-,26-25+,36-34-. The van der Waals surface area contributed by atoms with Gasteiger partial charge in [0, 0.05) is 28.9 Å². The average Bonchev–Trinajstić information content (AvgIpc) is 3.17. The summed E-state index contributed by atoms with van der Waals surface area (Å²) in [6.07, 6.45) is 12.8. The first-order valence-electron chi connectivity index (χ1n) is 19.1. The van der Waals surface area contributed by atoms with Crippen LogP contribution in [0.1, 0.15) is 80.5 Å². The third kappa shape index (κ3) is 8.08. The summed E-state index contributed by atoms with van der Waals surface area (Å²) in [6.45, 7) is 17.7. The van der Waals surface area contributed by atoms with Gasteiger partial charge in [-0.2, -0.15) is 0 Å². The van der Waals surface area contributed by atoms with Gasteiger partial charge in [-0.05, 0) is 198 Å². The van der Waals surface area contributed by atoms with Crippen LogP contribution in [0.25, 0.3) is 27.6 Å². The fourth-order valence-electron chi connectivity index (χ4n) is 7.12. The van der Waals surface area contributed by atoms with Gasteiger partial charge in [-0.3, -0.25) is 0 Å². The molecule has 0 radical (unpaired) electrons. The van der Waals surface area contributed by atoms with Gasteiger partial charge in [-0.25, -0.2) is 0 Å². The van der Waals surface area contributed by atoms with Crippen LogP contribution in [-0.4, -0.2) is 0 Å². The van der Waals surface area contributed by atoms with Gasteiger partial charge in [0.25, 0.3) is 0 Å². The molecule has 0 aromatic heterocycles. The Kier molecular flexibility index (Phi) is 11.5. The Morgan fingerprint density at radius 2 is 1.06 bits per heavy atom. The molecule has 0 saturated carbocycles. The van der Waals surface area contributed by atoms with Crippen LogP contribution in [0.4, 0.5) is 22.7 Å². The third-order valence-electron chi connectivity index (χ3n) is 10.7. The monoisotopic (exact) mass is 682 g/mol. The van der Waals surface area contributed by atoms with Crippen LogP contribution >= 0.6 is 0 Å². The number of nitrogens with zero attached hydrogens (tertiary/aromatic N) is 1. The molecule has 264 valence electrons. The Morgan fingerprint density at radius 3 is 1.75 bits per heavy atom. The van der Waals surface area contributed by atoms with Crippen LogP contribution in [0, 0.1) is 13.8 Å². The molecule has 0 spiro atoms. The molecule has 0 unspecified atom stereocenters. The lowest BCUT2D eigenvalue weighted by molar-refractivity contribution is 1.03. The second kappa shape index (κ2) is 16.3. The molecule has 6 rings (SSSR count). The number of hydrogen-bond acceptors (Lipinski definition) is 2. The van der Waals surface area contributed by atoms with Crippen molar-refractivity contribution >= 4 is 50.4 Å². The second-order valence-corrected chi connectivity index (χ2v) is 14.1. The lowest BCUT2D eigenvalue weighted by Gasteiger charge is -2.27. The van der Waals surface area contributed by atoms with Crippen LogP contribution in [0.3, 0.4) is 0 Å². The highest BCUT2D eigenvalue weighted by Crippen LogP contribution is 2.38. The predicted octanol–water partition coefficient (Wildman–Crippen LogP) is 14.3. The highest BCUT2D eigenvalue weighted by molar-refractivity contribution is 6.00. The van der Waals surface area contributed by atoms with Crippen molar-refractivity contribution in [1.82, 2.24) is 0 Å². The van der Waals surface area contributed by atoms with Crippen molar-refractivity contribution in [1.29, 1.82) is 0 Å². The average molecular weight is 683 g/mol. The van der Waals surface area contributed by atoms with E-state index in [1.807, 2.05) is 6.20 Å². The van der Waals surface area contributed by atoms with E-state index in [1.165, 1.54) is 88.7 Å². The summed E-state index contributed by atoms with van der Waals surface area (Å²) >= 11 is 0. The molecule has 0 aliphatic carbocycles. The maximum absolute atomic E-state index is 3.46. The largest absolute Gasteiger partial charge is 0.362 e. The van der Waals surface area contributed by atoms with Gasteiger partial charge in [-0.15, -0.1) is 0 Å². The van der Waals surface area contributed by atoms with E-state index in [2.05, 4.69) is 187 Å². The Hall–Kier alpha value is -5.34. The number of aryl methyl sites for hydroxylation is 6. The molecule has 0 fully saturated rings. The van der Waals surface area contributed by atoms with Crippen molar-refractivity contribution in [3.8, 4) is 0 Å². The zero-order valence-electron chi connectivity index (χ0n) is 32.4. The van der Waals surface area contributed by atoms with Gasteiger partial charge >= 0.3 is 0 Å². The number of benzene rings is 6. The van der Waals surface area contributed by atoms with E-state index < -0.39 is 0 Å². The molecule has 2 heteroatoms. The summed E-state index contributed by atoms with van der Waals surface area (Å²) in [7, 11) is 0. The zero-order valence-corrected chi connectivity index (χ0v) is 32.4. The van der Waals surface area contributed by atoms with Gasteiger partial charge in [0.05, 0.1) is 0 Å². The SMILES string of the molecule is CCc1ccc(N/C=C/C(C)=C(C)\C=C/c2ccc3cc4cc(N(c5ccc(C)c(C)c5)c5ccc(CC)c(CC)c5)ccc4cc3c2)cc1CC. The molecule has 0 heterocycles. The maximum atomic E-state index is 3.46. The number of rotatable bonds is 12. The fraction of sp³-hybridized carbons (Fsp3) is 0.240. The number of nitrogens with one attached hydrogen (secondary N) is 1. The molecule has 0 saturated heterocycles. The number of hydrogen-bond donors (Lipinski definition) is 1. The van der Waals surface area contributed by atoms with Crippen molar-refractivity contribution in [2.75, 3.05) is 10.2 Å².